The van der Waals surface area contributed by atoms with Crippen LogP contribution in [-0.4, -0.2) is 102 Å². The molecule has 1 heterocycles. The molecule has 16 heteroatoms. The molecule has 0 spiro atoms. The molecular weight excluding hydrogens is 817 g/mol. The molecule has 1 aliphatic heterocycles. The van der Waals surface area contributed by atoms with Crippen LogP contribution >= 0.6 is 0 Å². The molecule has 0 unspecified atom stereocenters. The fourth-order valence-corrected chi connectivity index (χ4v) is 7.78. The first kappa shape index (κ1) is 49.7. The molecule has 2 aromatic rings. The van der Waals surface area contributed by atoms with Crippen molar-refractivity contribution in [1.82, 2.24) is 5.32 Å². The number of fused-ring (bicyclic) bond motifs is 2. The molecule has 0 fully saturated rings. The molecule has 0 aromatic heterocycles. The van der Waals surface area contributed by atoms with Gasteiger partial charge in [0, 0.05) is 58.0 Å². The van der Waals surface area contributed by atoms with E-state index in [9.17, 15) is 28.8 Å². The number of ketones is 2. The molecule has 3 N–H and O–H groups in total. The Kier molecular flexibility index (Phi) is 18.5. The minimum absolute atomic E-state index is 0.00227. The quantitative estimate of drug-likeness (QED) is 0.117. The Morgan fingerprint density at radius 3 is 1.79 bits per heavy atom. The summed E-state index contributed by atoms with van der Waals surface area (Å²) in [5.74, 6) is -4.83. The van der Waals surface area contributed by atoms with Crippen LogP contribution in [0.15, 0.2) is 107 Å². The van der Waals surface area contributed by atoms with Crippen LogP contribution < -0.4 is 11.1 Å². The fourth-order valence-electron chi connectivity index (χ4n) is 7.78. The van der Waals surface area contributed by atoms with Gasteiger partial charge in [-0.15, -0.1) is 0 Å². The fraction of sp³-hybridized carbons (Fsp3) is 0.447. The molecule has 2 bridgehead atoms. The summed E-state index contributed by atoms with van der Waals surface area (Å²) in [7, 11) is 6.81. The Balaban J connectivity index is 1.88. The van der Waals surface area contributed by atoms with Crippen LogP contribution in [0.3, 0.4) is 0 Å². The number of nitrogens with two attached hydrogens (primary N) is 1. The van der Waals surface area contributed by atoms with E-state index in [1.54, 1.807) is 80.6 Å². The maximum atomic E-state index is 14.1. The van der Waals surface area contributed by atoms with Crippen LogP contribution in [0, 0.1) is 11.8 Å². The van der Waals surface area contributed by atoms with Gasteiger partial charge in [-0.05, 0) is 55.4 Å². The third kappa shape index (κ3) is 13.0. The van der Waals surface area contributed by atoms with E-state index in [4.69, 9.17) is 43.6 Å². The number of ether oxygens (including phenoxy) is 8. The highest BCUT2D eigenvalue weighted by Gasteiger charge is 2.38. The van der Waals surface area contributed by atoms with E-state index in [2.05, 4.69) is 5.32 Å². The first-order chi connectivity index (χ1) is 30.1. The van der Waals surface area contributed by atoms with Gasteiger partial charge in [0.2, 0.25) is 11.6 Å². The highest BCUT2D eigenvalue weighted by Crippen LogP contribution is 2.32. The Bertz CT molecular complexity index is 2080. The average molecular weight is 875 g/mol. The van der Waals surface area contributed by atoms with E-state index in [1.165, 1.54) is 48.5 Å². The van der Waals surface area contributed by atoms with Crippen molar-refractivity contribution in [2.75, 3.05) is 35.5 Å². The van der Waals surface area contributed by atoms with Crippen molar-refractivity contribution < 1.29 is 66.7 Å². The number of hydrogen-bond donors (Lipinski definition) is 2. The minimum Gasteiger partial charge on any atom is -0.492 e. The molecule has 1 aliphatic carbocycles. The molecule has 0 saturated heterocycles. The van der Waals surface area contributed by atoms with Gasteiger partial charge < -0.3 is 48.9 Å². The lowest BCUT2D eigenvalue weighted by Crippen LogP contribution is -2.41. The number of Topliss-reactive ketones (excluding diaryl/α,β-unsaturated/α-hetero) is 1. The summed E-state index contributed by atoms with van der Waals surface area (Å²) >= 11 is 0. The van der Waals surface area contributed by atoms with Gasteiger partial charge in [-0.1, -0.05) is 80.6 Å². The third-order valence-electron chi connectivity index (χ3n) is 10.9. The zero-order valence-electron chi connectivity index (χ0n) is 37.1. The van der Waals surface area contributed by atoms with Gasteiger partial charge in [0.25, 0.3) is 5.91 Å². The van der Waals surface area contributed by atoms with E-state index >= 15 is 0 Å². The summed E-state index contributed by atoms with van der Waals surface area (Å²) in [6.07, 6.45) is -4.70. The number of carbonyl (C=O) groups excluding carboxylic acids is 6. The van der Waals surface area contributed by atoms with Gasteiger partial charge in [-0.25, -0.2) is 14.4 Å². The van der Waals surface area contributed by atoms with E-state index in [-0.39, 0.29) is 41.9 Å². The van der Waals surface area contributed by atoms with E-state index in [1.807, 2.05) is 6.92 Å². The van der Waals surface area contributed by atoms with Crippen LogP contribution in [0.4, 0.5) is 4.79 Å². The second kappa shape index (κ2) is 23.5. The Hall–Kier alpha value is -5.94. The number of hydrogen-bond acceptors (Lipinski definition) is 14. The van der Waals surface area contributed by atoms with Crippen molar-refractivity contribution in [3.63, 3.8) is 0 Å². The zero-order valence-corrected chi connectivity index (χ0v) is 37.1. The lowest BCUT2D eigenvalue weighted by Gasteiger charge is -2.33. The van der Waals surface area contributed by atoms with E-state index in [0.29, 0.717) is 16.7 Å². The molecule has 0 radical (unpaired) electrons. The number of methoxy groups -OCH3 is 5. The lowest BCUT2D eigenvalue weighted by molar-refractivity contribution is -0.172. The van der Waals surface area contributed by atoms with Gasteiger partial charge >= 0.3 is 18.0 Å². The summed E-state index contributed by atoms with van der Waals surface area (Å²) in [6.45, 7) is 6.71. The van der Waals surface area contributed by atoms with E-state index < -0.39 is 90.1 Å². The second-order valence-electron chi connectivity index (χ2n) is 15.5. The number of nitrogens with one attached hydrogen (secondary N) is 1. The summed E-state index contributed by atoms with van der Waals surface area (Å²) in [5.41, 5.74) is 6.81. The molecule has 16 nitrogen and oxygen atoms in total. The van der Waals surface area contributed by atoms with Crippen molar-refractivity contribution in [1.29, 1.82) is 0 Å². The predicted molar refractivity (Wildman–Crippen MR) is 228 cm³/mol. The standard InChI is InChI=1S/C47H58N2O14/c1-26-20-33-38(51)34(25-35(50)43(33)60-9)49-44(52)29(4)23-32(61-45(53)41(58-7)30-16-12-10-13-17-30)24-37(57-6)40(63-47(48)55)28(3)22-27(2)39(36(21-26)56-5)62-46(54)42(59-8)31-18-14-11-15-19-31/h10-19,22-23,25-27,32,36-37,39-42H,20-21,24H2,1-9H3,(H2,48,55)(H,49,52)/b28-22+,29-23+/t26-,27+,32-,36+,37+,39-,40+,41+,42+/m1/s1. The molecule has 2 amide bonds. The van der Waals surface area contributed by atoms with Crippen molar-refractivity contribution in [2.24, 2.45) is 17.6 Å². The maximum Gasteiger partial charge on any atom is 0.405 e. The largest absolute Gasteiger partial charge is 0.492 e. The van der Waals surface area contributed by atoms with Gasteiger partial charge in [0.05, 0.1) is 18.9 Å². The normalized spacial score (nSPS) is 26.7. The van der Waals surface area contributed by atoms with E-state index in [0.717, 1.165) is 6.08 Å². The maximum absolute atomic E-state index is 14.1. The number of esters is 2. The van der Waals surface area contributed by atoms with Gasteiger partial charge in [-0.3, -0.25) is 14.4 Å². The highest BCUT2D eigenvalue weighted by atomic mass is 16.6. The number of benzene rings is 2. The number of amides is 2. The highest BCUT2D eigenvalue weighted by molar-refractivity contribution is 6.23. The number of rotatable bonds is 12. The van der Waals surface area contributed by atoms with Crippen LogP contribution in [0.25, 0.3) is 0 Å². The first-order valence-corrected chi connectivity index (χ1v) is 20.4. The first-order valence-electron chi connectivity index (χ1n) is 20.4. The summed E-state index contributed by atoms with van der Waals surface area (Å²) in [6, 6.07) is 17.4. The van der Waals surface area contributed by atoms with Crippen molar-refractivity contribution in [3.8, 4) is 0 Å². The predicted octanol–water partition coefficient (Wildman–Crippen LogP) is 5.48. The summed E-state index contributed by atoms with van der Waals surface area (Å²) < 4.78 is 46.4. The van der Waals surface area contributed by atoms with Crippen molar-refractivity contribution in [3.05, 3.63) is 118 Å². The van der Waals surface area contributed by atoms with Crippen molar-refractivity contribution in [2.45, 2.75) is 89.7 Å². The monoisotopic (exact) mass is 874 g/mol. The molecule has 9 atom stereocenters. The molecular formula is C47H58N2O14. The Labute approximate surface area is 367 Å². The molecule has 2 aromatic carbocycles. The molecule has 0 saturated carbocycles. The average Bonchev–Trinajstić information content (AvgIpc) is 3.25. The lowest BCUT2D eigenvalue weighted by atomic mass is 9.85. The molecule has 4 rings (SSSR count). The number of allylic oxidation sites excluding steroid dienone is 2. The van der Waals surface area contributed by atoms with Gasteiger partial charge in [0.1, 0.15) is 18.3 Å². The second-order valence-corrected chi connectivity index (χ2v) is 15.5. The summed E-state index contributed by atoms with van der Waals surface area (Å²) in [5, 5.41) is 2.55. The van der Waals surface area contributed by atoms with Crippen molar-refractivity contribution >= 4 is 35.5 Å². The Morgan fingerprint density at radius 2 is 1.29 bits per heavy atom. The molecule has 2 aliphatic rings. The topological polar surface area (TPSA) is 214 Å². The van der Waals surface area contributed by atoms with Crippen LogP contribution in [0.2, 0.25) is 0 Å². The smallest absolute Gasteiger partial charge is 0.405 e. The molecule has 340 valence electrons. The van der Waals surface area contributed by atoms with Crippen LogP contribution in [0.5, 0.6) is 0 Å². The van der Waals surface area contributed by atoms with Gasteiger partial charge in [-0.2, -0.15) is 0 Å². The summed E-state index contributed by atoms with van der Waals surface area (Å²) in [4.78, 5) is 81.5. The SMILES string of the molecule is COC1=C2C[C@@H](C)C[C@H](OC)[C@H](OC(=O)[C@@H](OC)c3ccccc3)[C@@H](C)/C=C(\C)[C@H](OC(N)=O)[C@@H](OC)C[C@H](OC(=O)[C@@H](OC)c3ccccc3)/C=C(\C)C(=O)NC(=CC1=O)C2=O. The third-order valence-corrected chi connectivity index (χ3v) is 10.9. The van der Waals surface area contributed by atoms with Crippen LogP contribution in [-0.2, 0) is 61.9 Å². The Morgan fingerprint density at radius 1 is 0.730 bits per heavy atom. The number of primary amides is 1. The number of carbonyl (C=O) groups is 6. The zero-order chi connectivity index (χ0) is 46.4. The van der Waals surface area contributed by atoms with Gasteiger partial charge in [0.15, 0.2) is 24.1 Å². The molecule has 63 heavy (non-hydrogen) atoms. The minimum atomic E-state index is -1.24. The van der Waals surface area contributed by atoms with Crippen LogP contribution in [0.1, 0.15) is 70.3 Å².